The summed E-state index contributed by atoms with van der Waals surface area (Å²) >= 11 is 0. The molecule has 2 aliphatic rings. The molecule has 0 aromatic carbocycles. The first-order valence-electron chi connectivity index (χ1n) is 6.98. The van der Waals surface area contributed by atoms with Gasteiger partial charge in [-0.05, 0) is 38.1 Å². The van der Waals surface area contributed by atoms with E-state index in [4.69, 9.17) is 0 Å². The quantitative estimate of drug-likeness (QED) is 0.740. The van der Waals surface area contributed by atoms with Crippen molar-refractivity contribution in [3.8, 4) is 0 Å². The van der Waals surface area contributed by atoms with E-state index >= 15 is 0 Å². The van der Waals surface area contributed by atoms with E-state index in [0.29, 0.717) is 24.3 Å². The highest BCUT2D eigenvalue weighted by Crippen LogP contribution is 2.22. The van der Waals surface area contributed by atoms with E-state index in [-0.39, 0.29) is 0 Å². The van der Waals surface area contributed by atoms with Gasteiger partial charge in [0, 0.05) is 25.6 Å². The average Bonchev–Trinajstić information content (AvgIpc) is 2.97. The second-order valence-electron chi connectivity index (χ2n) is 5.20. The van der Waals surface area contributed by atoms with E-state index in [1.165, 1.54) is 0 Å². The summed E-state index contributed by atoms with van der Waals surface area (Å²) in [6.45, 7) is 5.10. The van der Waals surface area contributed by atoms with Crippen molar-refractivity contribution in [2.45, 2.75) is 45.1 Å². The number of rotatable bonds is 5. The summed E-state index contributed by atoms with van der Waals surface area (Å²) < 4.78 is 0. The Balaban J connectivity index is 1.89. The number of carbonyl (C=O) groups excluding carboxylic acids is 1. The lowest BCUT2D eigenvalue weighted by Crippen LogP contribution is -2.42. The Bertz CT molecular complexity index is 282. The van der Waals surface area contributed by atoms with Crippen LogP contribution in [0.25, 0.3) is 0 Å². The number of nitrogens with one attached hydrogen (secondary N) is 1. The molecule has 0 aromatic heterocycles. The molecule has 0 spiro atoms. The smallest absolute Gasteiger partial charge is 0.223 e. The van der Waals surface area contributed by atoms with Crippen molar-refractivity contribution in [1.82, 2.24) is 10.2 Å². The molecule has 0 bridgehead atoms. The van der Waals surface area contributed by atoms with Crippen LogP contribution in [0.4, 0.5) is 0 Å². The SMILES string of the molecule is CCCN(C(=O)CC1C=CCC1)C1CCNC1. The van der Waals surface area contributed by atoms with Crippen molar-refractivity contribution < 1.29 is 4.79 Å². The fourth-order valence-electron chi connectivity index (χ4n) is 2.86. The lowest BCUT2D eigenvalue weighted by Gasteiger charge is -2.29. The zero-order valence-electron chi connectivity index (χ0n) is 10.8. The number of hydrogen-bond acceptors (Lipinski definition) is 2. The molecule has 2 unspecified atom stereocenters. The largest absolute Gasteiger partial charge is 0.338 e. The summed E-state index contributed by atoms with van der Waals surface area (Å²) in [7, 11) is 0. The summed E-state index contributed by atoms with van der Waals surface area (Å²) in [5.74, 6) is 0.855. The van der Waals surface area contributed by atoms with Crippen LogP contribution in [0.3, 0.4) is 0 Å². The molecular weight excluding hydrogens is 212 g/mol. The minimum absolute atomic E-state index is 0.358. The van der Waals surface area contributed by atoms with Gasteiger partial charge in [0.1, 0.15) is 0 Å². The maximum absolute atomic E-state index is 12.3. The van der Waals surface area contributed by atoms with Crippen molar-refractivity contribution in [2.24, 2.45) is 5.92 Å². The van der Waals surface area contributed by atoms with E-state index in [9.17, 15) is 4.79 Å². The van der Waals surface area contributed by atoms with Gasteiger partial charge < -0.3 is 10.2 Å². The van der Waals surface area contributed by atoms with Crippen LogP contribution < -0.4 is 5.32 Å². The molecule has 1 aliphatic carbocycles. The van der Waals surface area contributed by atoms with Gasteiger partial charge in [0.15, 0.2) is 0 Å². The molecule has 3 heteroatoms. The Kier molecular flexibility index (Phi) is 4.60. The molecule has 0 aromatic rings. The van der Waals surface area contributed by atoms with E-state index in [1.54, 1.807) is 0 Å². The third-order valence-electron chi connectivity index (χ3n) is 3.81. The molecular formula is C14H24N2O. The summed E-state index contributed by atoms with van der Waals surface area (Å²) in [6.07, 6.45) is 9.63. The second kappa shape index (κ2) is 6.20. The van der Waals surface area contributed by atoms with Gasteiger partial charge in [-0.1, -0.05) is 19.1 Å². The molecule has 17 heavy (non-hydrogen) atoms. The number of allylic oxidation sites excluding steroid dienone is 2. The second-order valence-corrected chi connectivity index (χ2v) is 5.20. The van der Waals surface area contributed by atoms with E-state index in [0.717, 1.165) is 45.3 Å². The zero-order chi connectivity index (χ0) is 12.1. The van der Waals surface area contributed by atoms with Crippen LogP contribution in [0.5, 0.6) is 0 Å². The monoisotopic (exact) mass is 236 g/mol. The van der Waals surface area contributed by atoms with Crippen LogP contribution in [-0.4, -0.2) is 36.5 Å². The molecule has 96 valence electrons. The predicted molar refractivity (Wildman–Crippen MR) is 69.8 cm³/mol. The van der Waals surface area contributed by atoms with Crippen molar-refractivity contribution in [3.05, 3.63) is 12.2 Å². The van der Waals surface area contributed by atoms with Crippen LogP contribution in [0.15, 0.2) is 12.2 Å². The number of hydrogen-bond donors (Lipinski definition) is 1. The van der Waals surface area contributed by atoms with E-state index < -0.39 is 0 Å². The van der Waals surface area contributed by atoms with Gasteiger partial charge in [0.05, 0.1) is 0 Å². The van der Waals surface area contributed by atoms with Gasteiger partial charge in [0.25, 0.3) is 0 Å². The van der Waals surface area contributed by atoms with E-state index in [1.807, 2.05) is 0 Å². The molecule has 2 rings (SSSR count). The molecule has 1 fully saturated rings. The van der Waals surface area contributed by atoms with Gasteiger partial charge in [-0.3, -0.25) is 4.79 Å². The van der Waals surface area contributed by atoms with E-state index in [2.05, 4.69) is 29.3 Å². The van der Waals surface area contributed by atoms with Gasteiger partial charge in [-0.15, -0.1) is 0 Å². The molecule has 1 amide bonds. The Hall–Kier alpha value is -0.830. The molecule has 1 heterocycles. The predicted octanol–water partition coefficient (Wildman–Crippen LogP) is 1.94. The summed E-state index contributed by atoms with van der Waals surface area (Å²) in [6, 6.07) is 0.438. The highest BCUT2D eigenvalue weighted by atomic mass is 16.2. The van der Waals surface area contributed by atoms with Gasteiger partial charge in [-0.25, -0.2) is 0 Å². The van der Waals surface area contributed by atoms with Crippen molar-refractivity contribution >= 4 is 5.91 Å². The molecule has 0 radical (unpaired) electrons. The van der Waals surface area contributed by atoms with Crippen LogP contribution in [0.1, 0.15) is 39.0 Å². The normalized spacial score (nSPS) is 27.6. The topological polar surface area (TPSA) is 32.3 Å². The Labute approximate surface area is 104 Å². The lowest BCUT2D eigenvalue weighted by atomic mass is 10.0. The van der Waals surface area contributed by atoms with Gasteiger partial charge in [0.2, 0.25) is 5.91 Å². The fraction of sp³-hybridized carbons (Fsp3) is 0.786. The molecule has 1 aliphatic heterocycles. The minimum Gasteiger partial charge on any atom is -0.338 e. The molecule has 0 saturated carbocycles. The zero-order valence-corrected chi connectivity index (χ0v) is 10.8. The number of amides is 1. The van der Waals surface area contributed by atoms with Crippen LogP contribution in [-0.2, 0) is 4.79 Å². The fourth-order valence-corrected chi connectivity index (χ4v) is 2.86. The molecule has 1 saturated heterocycles. The van der Waals surface area contributed by atoms with Crippen LogP contribution in [0.2, 0.25) is 0 Å². The Morgan fingerprint density at radius 2 is 2.35 bits per heavy atom. The highest BCUT2D eigenvalue weighted by Gasteiger charge is 2.27. The number of nitrogens with zero attached hydrogens (tertiary/aromatic N) is 1. The third-order valence-corrected chi connectivity index (χ3v) is 3.81. The first kappa shape index (κ1) is 12.6. The summed E-state index contributed by atoms with van der Waals surface area (Å²) in [5.41, 5.74) is 0. The molecule has 3 nitrogen and oxygen atoms in total. The van der Waals surface area contributed by atoms with Crippen LogP contribution in [0, 0.1) is 5.92 Å². The van der Waals surface area contributed by atoms with Crippen molar-refractivity contribution in [2.75, 3.05) is 19.6 Å². The van der Waals surface area contributed by atoms with Crippen LogP contribution >= 0.6 is 0 Å². The average molecular weight is 236 g/mol. The van der Waals surface area contributed by atoms with Gasteiger partial charge >= 0.3 is 0 Å². The third kappa shape index (κ3) is 3.32. The standard InChI is InChI=1S/C14H24N2O/c1-2-9-16(13-7-8-15-11-13)14(17)10-12-5-3-4-6-12/h3,5,12-13,15H,2,4,6-11H2,1H3. The van der Waals surface area contributed by atoms with Crippen molar-refractivity contribution in [1.29, 1.82) is 0 Å². The summed E-state index contributed by atoms with van der Waals surface area (Å²) in [5, 5.41) is 3.35. The van der Waals surface area contributed by atoms with Gasteiger partial charge in [-0.2, -0.15) is 0 Å². The maximum atomic E-state index is 12.3. The molecule has 2 atom stereocenters. The first-order valence-corrected chi connectivity index (χ1v) is 6.98. The maximum Gasteiger partial charge on any atom is 0.223 e. The lowest BCUT2D eigenvalue weighted by molar-refractivity contribution is -0.133. The number of carbonyl (C=O) groups is 1. The highest BCUT2D eigenvalue weighted by molar-refractivity contribution is 5.77. The Morgan fingerprint density at radius 1 is 1.47 bits per heavy atom. The minimum atomic E-state index is 0.358. The first-order chi connectivity index (χ1) is 8.31. The summed E-state index contributed by atoms with van der Waals surface area (Å²) in [4.78, 5) is 14.5. The Morgan fingerprint density at radius 3 is 2.94 bits per heavy atom. The van der Waals surface area contributed by atoms with Crippen molar-refractivity contribution in [3.63, 3.8) is 0 Å². The molecule has 1 N–H and O–H groups in total.